The number of nitrogens with two attached hydrogens (primary N) is 4. The van der Waals surface area contributed by atoms with Crippen molar-refractivity contribution in [2.24, 2.45) is 22.9 Å². The second-order valence-electron chi connectivity index (χ2n) is 9.99. The fourth-order valence-corrected chi connectivity index (χ4v) is 4.99. The highest BCUT2D eigenvalue weighted by molar-refractivity contribution is 5.81. The van der Waals surface area contributed by atoms with Crippen LogP contribution >= 0.6 is 0 Å². The van der Waals surface area contributed by atoms with Gasteiger partial charge >= 0.3 is 0 Å². The van der Waals surface area contributed by atoms with Crippen LogP contribution in [-0.2, 0) is 14.2 Å². The number of aromatic nitrogens is 4. The summed E-state index contributed by atoms with van der Waals surface area (Å²) >= 11 is 0. The molecular weight excluding hydrogens is 498 g/mol. The number of imidazole rings is 1. The van der Waals surface area contributed by atoms with Crippen LogP contribution in [0.1, 0.15) is 32.1 Å². The third-order valence-electron chi connectivity index (χ3n) is 7.23. The van der Waals surface area contributed by atoms with Crippen molar-refractivity contribution in [1.82, 2.24) is 19.9 Å². The smallest absolute Gasteiger partial charge is 0.182 e. The molecule has 1 saturated carbocycles. The molecular formula is C23H41N9O6. The lowest BCUT2D eigenvalue weighted by atomic mass is 9.84. The number of ether oxygens (including phenoxy) is 3. The number of nitrogens with one attached hydrogen (secondary N) is 2. The van der Waals surface area contributed by atoms with E-state index in [0.29, 0.717) is 12.3 Å². The summed E-state index contributed by atoms with van der Waals surface area (Å²) in [7, 11) is 0. The summed E-state index contributed by atoms with van der Waals surface area (Å²) < 4.78 is 17.7. The molecule has 13 N–H and O–H groups in total. The quantitative estimate of drug-likeness (QED) is 0.124. The van der Waals surface area contributed by atoms with Crippen LogP contribution in [0.5, 0.6) is 0 Å². The van der Waals surface area contributed by atoms with Crippen molar-refractivity contribution in [3.63, 3.8) is 0 Å². The Morgan fingerprint density at radius 1 is 0.974 bits per heavy atom. The van der Waals surface area contributed by atoms with Gasteiger partial charge in [-0.2, -0.15) is 0 Å². The van der Waals surface area contributed by atoms with E-state index < -0.39 is 61.0 Å². The first kappa shape index (κ1) is 28.9. The van der Waals surface area contributed by atoms with E-state index in [1.54, 1.807) is 6.33 Å². The minimum Gasteiger partial charge on any atom is -0.389 e. The number of fused-ring (bicyclic) bond motifs is 1. The van der Waals surface area contributed by atoms with Gasteiger partial charge in [0, 0.05) is 31.8 Å². The molecule has 1 aliphatic heterocycles. The molecule has 15 nitrogen and oxygen atoms in total. The van der Waals surface area contributed by atoms with Crippen LogP contribution in [0.3, 0.4) is 0 Å². The van der Waals surface area contributed by atoms with E-state index in [9.17, 15) is 15.3 Å². The van der Waals surface area contributed by atoms with E-state index >= 15 is 0 Å². The Balaban J connectivity index is 1.17. The van der Waals surface area contributed by atoms with Gasteiger partial charge in [0.25, 0.3) is 0 Å². The van der Waals surface area contributed by atoms with Crippen LogP contribution in [0.25, 0.3) is 11.2 Å². The van der Waals surface area contributed by atoms with Gasteiger partial charge in [0.1, 0.15) is 42.4 Å². The lowest BCUT2D eigenvalue weighted by Gasteiger charge is -2.46. The van der Waals surface area contributed by atoms with Gasteiger partial charge in [-0.15, -0.1) is 0 Å². The molecule has 2 aromatic rings. The van der Waals surface area contributed by atoms with Crippen LogP contribution in [-0.4, -0.2) is 116 Å². The zero-order chi connectivity index (χ0) is 27.2. The summed E-state index contributed by atoms with van der Waals surface area (Å²) in [5, 5.41) is 34.6. The molecule has 214 valence electrons. The number of aliphatic hydroxyl groups excluding tert-OH is 3. The van der Waals surface area contributed by atoms with Crippen molar-refractivity contribution in [3.8, 4) is 0 Å². The molecule has 2 fully saturated rings. The molecule has 2 aliphatic rings. The number of aromatic amines is 1. The van der Waals surface area contributed by atoms with Gasteiger partial charge < -0.3 is 62.8 Å². The molecule has 0 amide bonds. The van der Waals surface area contributed by atoms with Gasteiger partial charge in [-0.3, -0.25) is 0 Å². The normalized spacial score (nSPS) is 36.0. The Morgan fingerprint density at radius 3 is 2.55 bits per heavy atom. The van der Waals surface area contributed by atoms with E-state index in [2.05, 4.69) is 25.3 Å². The van der Waals surface area contributed by atoms with Crippen LogP contribution in [0, 0.1) is 0 Å². The van der Waals surface area contributed by atoms with E-state index in [4.69, 9.17) is 37.1 Å². The fraction of sp³-hybridized carbons (Fsp3) is 0.783. The van der Waals surface area contributed by atoms with Crippen molar-refractivity contribution < 1.29 is 29.5 Å². The Hall–Kier alpha value is -2.05. The first-order valence-electron chi connectivity index (χ1n) is 13.1. The molecule has 5 unspecified atom stereocenters. The summed E-state index contributed by atoms with van der Waals surface area (Å²) in [6.07, 6.45) is -0.0905. The van der Waals surface area contributed by atoms with Crippen LogP contribution < -0.4 is 28.3 Å². The van der Waals surface area contributed by atoms with Gasteiger partial charge in [-0.1, -0.05) is 12.8 Å². The number of hydrogen-bond acceptors (Lipinski definition) is 14. The summed E-state index contributed by atoms with van der Waals surface area (Å²) in [6.45, 7) is 1.23. The van der Waals surface area contributed by atoms with E-state index in [1.165, 1.54) is 6.33 Å². The third kappa shape index (κ3) is 6.56. The van der Waals surface area contributed by atoms with E-state index in [1.807, 2.05) is 0 Å². The average Bonchev–Trinajstić information content (AvgIpc) is 3.40. The molecule has 15 heteroatoms. The van der Waals surface area contributed by atoms with Gasteiger partial charge in [-0.05, 0) is 19.3 Å². The monoisotopic (exact) mass is 539 g/mol. The third-order valence-corrected chi connectivity index (χ3v) is 7.23. The molecule has 4 rings (SSSR count). The van der Waals surface area contributed by atoms with Crippen LogP contribution in [0.2, 0.25) is 0 Å². The molecule has 38 heavy (non-hydrogen) atoms. The molecule has 1 saturated heterocycles. The maximum atomic E-state index is 10.9. The highest BCUT2D eigenvalue weighted by Crippen LogP contribution is 2.28. The number of nitrogens with zero attached hydrogens (tertiary/aromatic N) is 3. The van der Waals surface area contributed by atoms with Gasteiger partial charge in [0.05, 0.1) is 18.5 Å². The molecule has 0 bridgehead atoms. The second-order valence-corrected chi connectivity index (χ2v) is 9.99. The maximum Gasteiger partial charge on any atom is 0.182 e. The first-order valence-corrected chi connectivity index (χ1v) is 13.1. The molecule has 1 aliphatic carbocycles. The molecule has 0 radical (unpaired) electrons. The molecule has 2 aromatic heterocycles. The van der Waals surface area contributed by atoms with Gasteiger partial charge in [0.2, 0.25) is 0 Å². The summed E-state index contributed by atoms with van der Waals surface area (Å²) in [6, 6.07) is -2.27. The zero-order valence-corrected chi connectivity index (χ0v) is 21.3. The number of unbranched alkanes of at least 4 members (excludes halogenated alkanes) is 3. The minimum absolute atomic E-state index is 0.0688. The van der Waals surface area contributed by atoms with Crippen molar-refractivity contribution in [3.05, 3.63) is 12.7 Å². The van der Waals surface area contributed by atoms with Crippen LogP contribution in [0.4, 0.5) is 5.82 Å². The standard InChI is InChI=1S/C23H41N9O6/c24-8-13-20(17(34)14(27)23(37-13)38-19-12(26)7-11(25)16(33)18(19)35)36-6-4-2-1-3-5-28-21-15-22(30-9-29-15)32-10-31-21/h9-14,16-20,23,33-35H,1-8,24-27H2,(H2,28,29,30,31,32)/t11?,12?,13-,14-,16?,17-,18?,19?,20-,23-/m1/s1. The Morgan fingerprint density at radius 2 is 1.76 bits per heavy atom. The van der Waals surface area contributed by atoms with E-state index in [-0.39, 0.29) is 13.0 Å². The van der Waals surface area contributed by atoms with Crippen molar-refractivity contribution >= 4 is 17.0 Å². The Kier molecular flexibility index (Phi) is 10.2. The Bertz CT molecular complexity index is 999. The Labute approximate surface area is 220 Å². The molecule has 0 spiro atoms. The van der Waals surface area contributed by atoms with Gasteiger partial charge in [0.15, 0.2) is 17.8 Å². The highest BCUT2D eigenvalue weighted by Gasteiger charge is 2.48. The number of anilines is 1. The zero-order valence-electron chi connectivity index (χ0n) is 21.3. The largest absolute Gasteiger partial charge is 0.389 e. The first-order chi connectivity index (χ1) is 18.3. The average molecular weight is 540 g/mol. The van der Waals surface area contributed by atoms with E-state index in [0.717, 1.165) is 43.6 Å². The van der Waals surface area contributed by atoms with Crippen molar-refractivity contribution in [2.75, 3.05) is 25.0 Å². The predicted octanol–water partition coefficient (Wildman–Crippen LogP) is -2.75. The number of H-pyrrole nitrogens is 1. The van der Waals surface area contributed by atoms with Crippen molar-refractivity contribution in [2.45, 2.75) is 93.1 Å². The van der Waals surface area contributed by atoms with Gasteiger partial charge in [-0.25, -0.2) is 15.0 Å². The SMILES string of the molecule is NC[C@H]1O[C@H](OC2C(N)CC(N)C(O)C2O)[C@H](N)[C@@H](O)[C@@H]1OCCCCCCNc1ncnc2nc[nH]c12. The number of aliphatic hydroxyl groups is 3. The number of hydrogen-bond donors (Lipinski definition) is 9. The second kappa shape index (κ2) is 13.3. The predicted molar refractivity (Wildman–Crippen MR) is 138 cm³/mol. The molecule has 0 aromatic carbocycles. The topological polar surface area (TPSA) is 259 Å². The lowest BCUT2D eigenvalue weighted by Crippen LogP contribution is -2.67. The minimum atomic E-state index is -1.31. The summed E-state index contributed by atoms with van der Waals surface area (Å²) in [5.74, 6) is 0.730. The lowest BCUT2D eigenvalue weighted by molar-refractivity contribution is -0.293. The maximum absolute atomic E-state index is 10.9. The number of rotatable bonds is 12. The van der Waals surface area contributed by atoms with Crippen LogP contribution in [0.15, 0.2) is 12.7 Å². The molecule has 10 atom stereocenters. The summed E-state index contributed by atoms with van der Waals surface area (Å²) in [4.78, 5) is 15.5. The van der Waals surface area contributed by atoms with Crippen molar-refractivity contribution in [1.29, 1.82) is 0 Å². The fourth-order valence-electron chi connectivity index (χ4n) is 4.99. The summed E-state index contributed by atoms with van der Waals surface area (Å²) in [5.41, 5.74) is 25.4. The highest BCUT2D eigenvalue weighted by atomic mass is 16.7. The molecule has 3 heterocycles.